The van der Waals surface area contributed by atoms with Crippen LogP contribution in [0, 0.1) is 5.41 Å². The first-order valence-corrected chi connectivity index (χ1v) is 8.82. The highest BCUT2D eigenvalue weighted by Crippen LogP contribution is 2.50. The molecule has 1 saturated heterocycles. The molecule has 2 N–H and O–H groups in total. The molecular formula is C16H25N3OS. The summed E-state index contributed by atoms with van der Waals surface area (Å²) in [5.41, 5.74) is 2.01. The third kappa shape index (κ3) is 2.79. The Kier molecular flexibility index (Phi) is 3.59. The van der Waals surface area contributed by atoms with Crippen LogP contribution in [0.4, 0.5) is 0 Å². The number of hydrogen-bond acceptors (Lipinski definition) is 3. The van der Waals surface area contributed by atoms with Crippen LogP contribution in [0.1, 0.15) is 52.3 Å². The van der Waals surface area contributed by atoms with Gasteiger partial charge in [-0.05, 0) is 70.2 Å². The lowest BCUT2D eigenvalue weighted by Gasteiger charge is -2.40. The van der Waals surface area contributed by atoms with Gasteiger partial charge in [-0.1, -0.05) is 6.04 Å². The van der Waals surface area contributed by atoms with Crippen molar-refractivity contribution in [2.75, 3.05) is 13.1 Å². The summed E-state index contributed by atoms with van der Waals surface area (Å²) >= 11 is 0. The molecule has 3 rings (SSSR count). The molecule has 2 heterocycles. The van der Waals surface area contributed by atoms with Crippen molar-refractivity contribution in [1.82, 2.24) is 15.0 Å². The maximum Gasteiger partial charge on any atom is 0.0976 e. The van der Waals surface area contributed by atoms with E-state index < -0.39 is 11.0 Å². The minimum atomic E-state index is -1.15. The number of pyridine rings is 1. The second kappa shape index (κ2) is 5.45. The molecule has 5 heteroatoms. The number of rotatable bonds is 2. The highest BCUT2D eigenvalue weighted by Gasteiger charge is 2.48. The maximum absolute atomic E-state index is 12.7. The van der Waals surface area contributed by atoms with Crippen molar-refractivity contribution >= 4 is 11.0 Å². The Morgan fingerprint density at radius 1 is 1.48 bits per heavy atom. The number of aromatic nitrogens is 1. The summed E-state index contributed by atoms with van der Waals surface area (Å²) < 4.78 is 24.0. The van der Waals surface area contributed by atoms with Gasteiger partial charge in [0.15, 0.2) is 0 Å². The smallest absolute Gasteiger partial charge is 0.0976 e. The molecule has 1 spiro atoms. The van der Waals surface area contributed by atoms with Gasteiger partial charge in [-0.2, -0.15) is 0 Å². The van der Waals surface area contributed by atoms with E-state index in [4.69, 9.17) is 1.37 Å². The summed E-state index contributed by atoms with van der Waals surface area (Å²) in [6.07, 6.45) is 4.67. The molecule has 1 aromatic heterocycles. The first-order valence-electron chi connectivity index (χ1n) is 8.17. The van der Waals surface area contributed by atoms with Gasteiger partial charge in [-0.15, -0.1) is 0 Å². The lowest BCUT2D eigenvalue weighted by Crippen LogP contribution is -2.46. The van der Waals surface area contributed by atoms with Crippen LogP contribution in [-0.4, -0.2) is 27.0 Å². The molecule has 1 aromatic rings. The Hall–Kier alpha value is -0.780. The molecule has 0 unspecified atom stereocenters. The zero-order valence-corrected chi connectivity index (χ0v) is 13.8. The number of nitrogens with zero attached hydrogens (tertiary/aromatic N) is 1. The van der Waals surface area contributed by atoms with Gasteiger partial charge in [0.05, 0.1) is 23.1 Å². The summed E-state index contributed by atoms with van der Waals surface area (Å²) in [7, 11) is -1.15. The molecule has 2 atom stereocenters. The topological polar surface area (TPSA) is 54.0 Å². The van der Waals surface area contributed by atoms with Crippen LogP contribution in [0.5, 0.6) is 0 Å². The predicted octanol–water partition coefficient (Wildman–Crippen LogP) is 2.10. The molecule has 0 saturated carbocycles. The zero-order chi connectivity index (χ0) is 16.0. The molecule has 116 valence electrons. The monoisotopic (exact) mass is 308 g/mol. The Balaban J connectivity index is 1.99. The molecule has 2 aliphatic rings. The van der Waals surface area contributed by atoms with Crippen LogP contribution in [-0.2, 0) is 17.4 Å². The van der Waals surface area contributed by atoms with Crippen molar-refractivity contribution in [2.24, 2.45) is 5.41 Å². The summed E-state index contributed by atoms with van der Waals surface area (Å²) in [4.78, 5) is 4.51. The van der Waals surface area contributed by atoms with E-state index in [1.54, 1.807) is 12.3 Å². The van der Waals surface area contributed by atoms with Crippen molar-refractivity contribution in [2.45, 2.75) is 50.8 Å². The van der Waals surface area contributed by atoms with E-state index in [2.05, 4.69) is 15.0 Å². The van der Waals surface area contributed by atoms with Crippen LogP contribution in [0.15, 0.2) is 18.3 Å². The SMILES string of the molecule is [2H]c1ccnc2c1[C@@H](N[S@](=O)C(C)(C)C)C1(CCNCC1)C2. The lowest BCUT2D eigenvalue weighted by molar-refractivity contribution is 0.164. The van der Waals surface area contributed by atoms with Crippen LogP contribution >= 0.6 is 0 Å². The number of fused-ring (bicyclic) bond motifs is 1. The normalized spacial score (nSPS) is 26.4. The van der Waals surface area contributed by atoms with E-state index in [-0.39, 0.29) is 16.2 Å². The molecule has 0 amide bonds. The average Bonchev–Trinajstić information content (AvgIpc) is 2.73. The molecule has 21 heavy (non-hydrogen) atoms. The van der Waals surface area contributed by atoms with Crippen molar-refractivity contribution in [3.05, 3.63) is 29.6 Å². The fraction of sp³-hybridized carbons (Fsp3) is 0.688. The van der Waals surface area contributed by atoms with Gasteiger partial charge in [0.1, 0.15) is 0 Å². The molecular weight excluding hydrogens is 282 g/mol. The minimum Gasteiger partial charge on any atom is -0.317 e. The van der Waals surface area contributed by atoms with Crippen LogP contribution in [0.25, 0.3) is 0 Å². The van der Waals surface area contributed by atoms with Crippen molar-refractivity contribution < 1.29 is 5.58 Å². The summed E-state index contributed by atoms with van der Waals surface area (Å²) in [5.74, 6) is 0. The Morgan fingerprint density at radius 3 is 2.86 bits per heavy atom. The number of piperidine rings is 1. The van der Waals surface area contributed by atoms with Gasteiger partial charge in [0.25, 0.3) is 0 Å². The largest absolute Gasteiger partial charge is 0.317 e. The molecule has 0 aromatic carbocycles. The Bertz CT molecular complexity index is 594. The lowest BCUT2D eigenvalue weighted by atomic mass is 9.74. The fourth-order valence-corrected chi connectivity index (χ4v) is 4.33. The first-order chi connectivity index (χ1) is 10.3. The minimum absolute atomic E-state index is 0.0362. The number of nitrogens with one attached hydrogen (secondary N) is 2. The second-order valence-corrected chi connectivity index (χ2v) is 9.17. The zero-order valence-electron chi connectivity index (χ0n) is 14.0. The molecule has 1 aliphatic heterocycles. The number of hydrogen-bond donors (Lipinski definition) is 2. The van der Waals surface area contributed by atoms with E-state index in [1.807, 2.05) is 20.8 Å². The molecule has 0 radical (unpaired) electrons. The van der Waals surface area contributed by atoms with E-state index >= 15 is 0 Å². The maximum atomic E-state index is 12.7. The third-order valence-corrected chi connectivity index (χ3v) is 6.22. The molecule has 1 aliphatic carbocycles. The van der Waals surface area contributed by atoms with Gasteiger partial charge in [-0.25, -0.2) is 8.93 Å². The van der Waals surface area contributed by atoms with Gasteiger partial charge < -0.3 is 5.32 Å². The van der Waals surface area contributed by atoms with Crippen LogP contribution in [0.3, 0.4) is 0 Å². The highest BCUT2D eigenvalue weighted by molar-refractivity contribution is 7.84. The van der Waals surface area contributed by atoms with Gasteiger partial charge in [0.2, 0.25) is 0 Å². The van der Waals surface area contributed by atoms with E-state index in [0.717, 1.165) is 43.6 Å². The van der Waals surface area contributed by atoms with Crippen LogP contribution in [0.2, 0.25) is 0 Å². The van der Waals surface area contributed by atoms with Crippen LogP contribution < -0.4 is 10.0 Å². The molecule has 1 fully saturated rings. The predicted molar refractivity (Wildman–Crippen MR) is 86.2 cm³/mol. The average molecular weight is 308 g/mol. The van der Waals surface area contributed by atoms with Gasteiger partial charge >= 0.3 is 0 Å². The second-order valence-electron chi connectivity index (χ2n) is 7.17. The van der Waals surface area contributed by atoms with E-state index in [0.29, 0.717) is 6.04 Å². The van der Waals surface area contributed by atoms with Gasteiger partial charge in [-0.3, -0.25) is 4.98 Å². The molecule has 4 nitrogen and oxygen atoms in total. The van der Waals surface area contributed by atoms with Crippen molar-refractivity contribution in [3.63, 3.8) is 0 Å². The molecule has 0 bridgehead atoms. The quantitative estimate of drug-likeness (QED) is 0.880. The summed E-state index contributed by atoms with van der Waals surface area (Å²) in [6.45, 7) is 7.88. The van der Waals surface area contributed by atoms with E-state index in [9.17, 15) is 4.21 Å². The fourth-order valence-electron chi connectivity index (χ4n) is 3.40. The standard InChI is InChI=1S/C16H25N3OS/c1-15(2,3)21(20)19-14-12-5-4-8-18-13(12)11-16(14)6-9-17-10-7-16/h4-5,8,14,17,19H,6-7,9-11H2,1-3H3/t14-,21-/m1/s1/i5D. The van der Waals surface area contributed by atoms with Crippen molar-refractivity contribution in [1.29, 1.82) is 0 Å². The van der Waals surface area contributed by atoms with Gasteiger partial charge in [0, 0.05) is 11.9 Å². The summed E-state index contributed by atoms with van der Waals surface area (Å²) in [5, 5.41) is 3.41. The Labute approximate surface area is 131 Å². The summed E-state index contributed by atoms with van der Waals surface area (Å²) in [6, 6.07) is 2.22. The van der Waals surface area contributed by atoms with E-state index in [1.165, 1.54) is 0 Å². The third-order valence-electron chi connectivity index (χ3n) is 4.66. The van der Waals surface area contributed by atoms with Crippen molar-refractivity contribution in [3.8, 4) is 0 Å². The Morgan fingerprint density at radius 2 is 2.19 bits per heavy atom. The highest BCUT2D eigenvalue weighted by atomic mass is 32.2. The first kappa shape index (κ1) is 13.9.